The average molecular weight is 228 g/mol. The Morgan fingerprint density at radius 3 is 2.75 bits per heavy atom. The lowest BCUT2D eigenvalue weighted by molar-refractivity contribution is -0.142. The Morgan fingerprint density at radius 2 is 2.19 bits per heavy atom. The summed E-state index contributed by atoms with van der Waals surface area (Å²) in [5.41, 5.74) is 0.356. The fourth-order valence-electron chi connectivity index (χ4n) is 1.31. The van der Waals surface area contributed by atoms with Crippen molar-refractivity contribution in [1.82, 2.24) is 0 Å². The highest BCUT2D eigenvalue weighted by Gasteiger charge is 2.17. The van der Waals surface area contributed by atoms with Crippen LogP contribution in [0, 0.1) is 5.82 Å². The van der Waals surface area contributed by atoms with Gasteiger partial charge in [0.05, 0.1) is 26.7 Å². The zero-order valence-corrected chi connectivity index (χ0v) is 9.07. The number of ether oxygens (including phenoxy) is 2. The highest BCUT2D eigenvalue weighted by Crippen LogP contribution is 2.28. The van der Waals surface area contributed by atoms with Crippen molar-refractivity contribution in [3.8, 4) is 5.75 Å². The number of benzene rings is 1. The van der Waals surface area contributed by atoms with Crippen LogP contribution in [-0.2, 0) is 9.53 Å². The number of hydrogen-bond donors (Lipinski definition) is 1. The van der Waals surface area contributed by atoms with Gasteiger partial charge in [-0.25, -0.2) is 4.39 Å². The molecule has 88 valence electrons. The van der Waals surface area contributed by atoms with Crippen molar-refractivity contribution in [3.63, 3.8) is 0 Å². The predicted molar refractivity (Wildman–Crippen MR) is 54.5 cm³/mol. The molecule has 1 rings (SSSR count). The Kier molecular flexibility index (Phi) is 4.25. The first-order valence-electron chi connectivity index (χ1n) is 4.66. The summed E-state index contributed by atoms with van der Waals surface area (Å²) in [6.45, 7) is 0. The minimum atomic E-state index is -1.07. The number of esters is 1. The molecule has 0 heterocycles. The van der Waals surface area contributed by atoms with E-state index in [1.807, 2.05) is 0 Å². The van der Waals surface area contributed by atoms with Crippen LogP contribution in [0.5, 0.6) is 5.75 Å². The fourth-order valence-corrected chi connectivity index (χ4v) is 1.31. The second-order valence-electron chi connectivity index (χ2n) is 3.18. The Labute approximate surface area is 92.6 Å². The lowest BCUT2D eigenvalue weighted by atomic mass is 10.1. The molecular formula is C11H13FO4. The SMILES string of the molecule is COC(=O)C[C@H](O)c1ccc(F)cc1OC. The van der Waals surface area contributed by atoms with Crippen LogP contribution in [-0.4, -0.2) is 25.3 Å². The number of carbonyl (C=O) groups is 1. The van der Waals surface area contributed by atoms with Crippen molar-refractivity contribution in [3.05, 3.63) is 29.6 Å². The number of carbonyl (C=O) groups excluding carboxylic acids is 1. The smallest absolute Gasteiger partial charge is 0.308 e. The lowest BCUT2D eigenvalue weighted by Gasteiger charge is -2.13. The van der Waals surface area contributed by atoms with E-state index in [-0.39, 0.29) is 12.2 Å². The molecule has 0 aliphatic rings. The zero-order valence-electron chi connectivity index (χ0n) is 9.07. The van der Waals surface area contributed by atoms with E-state index < -0.39 is 17.9 Å². The largest absolute Gasteiger partial charge is 0.496 e. The first-order chi connectivity index (χ1) is 7.58. The molecule has 0 saturated carbocycles. The molecule has 1 aromatic carbocycles. The third kappa shape index (κ3) is 2.93. The summed E-state index contributed by atoms with van der Waals surface area (Å²) in [4.78, 5) is 11.0. The van der Waals surface area contributed by atoms with Gasteiger partial charge < -0.3 is 14.6 Å². The van der Waals surface area contributed by atoms with Gasteiger partial charge >= 0.3 is 5.97 Å². The number of aliphatic hydroxyl groups is 1. The quantitative estimate of drug-likeness (QED) is 0.792. The van der Waals surface area contributed by atoms with Crippen molar-refractivity contribution in [2.75, 3.05) is 14.2 Å². The van der Waals surface area contributed by atoms with E-state index in [9.17, 15) is 14.3 Å². The second-order valence-corrected chi connectivity index (χ2v) is 3.18. The van der Waals surface area contributed by atoms with Crippen LogP contribution >= 0.6 is 0 Å². The molecule has 0 aromatic heterocycles. The molecule has 0 aliphatic heterocycles. The maximum absolute atomic E-state index is 12.9. The van der Waals surface area contributed by atoms with Gasteiger partial charge in [-0.3, -0.25) is 4.79 Å². The standard InChI is InChI=1S/C11H13FO4/c1-15-10-5-7(12)3-4-8(10)9(13)6-11(14)16-2/h3-5,9,13H,6H2,1-2H3/t9-/m0/s1. The zero-order chi connectivity index (χ0) is 12.1. The first kappa shape index (κ1) is 12.4. The summed E-state index contributed by atoms with van der Waals surface area (Å²) in [6.07, 6.45) is -1.26. The normalized spacial score (nSPS) is 12.0. The van der Waals surface area contributed by atoms with Crippen LogP contribution in [0.1, 0.15) is 18.1 Å². The number of hydrogen-bond acceptors (Lipinski definition) is 4. The fraction of sp³-hybridized carbons (Fsp3) is 0.364. The molecule has 1 N–H and O–H groups in total. The van der Waals surface area contributed by atoms with Crippen LogP contribution in [0.2, 0.25) is 0 Å². The summed E-state index contributed by atoms with van der Waals surface area (Å²) in [5.74, 6) is -0.804. The van der Waals surface area contributed by atoms with E-state index in [0.717, 1.165) is 6.07 Å². The number of rotatable bonds is 4. The van der Waals surface area contributed by atoms with E-state index in [4.69, 9.17) is 4.74 Å². The van der Waals surface area contributed by atoms with E-state index in [1.54, 1.807) is 0 Å². The van der Waals surface area contributed by atoms with Gasteiger partial charge in [0.2, 0.25) is 0 Å². The van der Waals surface area contributed by atoms with Crippen molar-refractivity contribution < 1.29 is 23.8 Å². The minimum absolute atomic E-state index is 0.196. The van der Waals surface area contributed by atoms with Crippen molar-refractivity contribution >= 4 is 5.97 Å². The van der Waals surface area contributed by atoms with Crippen LogP contribution < -0.4 is 4.74 Å². The van der Waals surface area contributed by atoms with Crippen molar-refractivity contribution in [2.45, 2.75) is 12.5 Å². The molecule has 5 heteroatoms. The molecule has 16 heavy (non-hydrogen) atoms. The van der Waals surface area contributed by atoms with Crippen LogP contribution in [0.15, 0.2) is 18.2 Å². The van der Waals surface area contributed by atoms with Gasteiger partial charge in [0.25, 0.3) is 0 Å². The monoisotopic (exact) mass is 228 g/mol. The Bertz CT molecular complexity index is 378. The molecule has 1 atom stereocenters. The molecule has 0 unspecified atom stereocenters. The van der Waals surface area contributed by atoms with Gasteiger partial charge in [-0.1, -0.05) is 0 Å². The number of methoxy groups -OCH3 is 2. The third-order valence-electron chi connectivity index (χ3n) is 2.14. The third-order valence-corrected chi connectivity index (χ3v) is 2.14. The van der Waals surface area contributed by atoms with Gasteiger partial charge in [-0.2, -0.15) is 0 Å². The lowest BCUT2D eigenvalue weighted by Crippen LogP contribution is -2.09. The van der Waals surface area contributed by atoms with Crippen LogP contribution in [0.3, 0.4) is 0 Å². The second kappa shape index (κ2) is 5.46. The van der Waals surface area contributed by atoms with Crippen LogP contribution in [0.4, 0.5) is 4.39 Å². The average Bonchev–Trinajstić information content (AvgIpc) is 2.28. The summed E-state index contributed by atoms with van der Waals surface area (Å²) in [5, 5.41) is 9.72. The predicted octanol–water partition coefficient (Wildman–Crippen LogP) is 1.43. The first-order valence-corrected chi connectivity index (χ1v) is 4.66. The van der Waals surface area contributed by atoms with E-state index in [0.29, 0.717) is 5.56 Å². The molecule has 0 fully saturated rings. The minimum Gasteiger partial charge on any atom is -0.496 e. The summed E-state index contributed by atoms with van der Waals surface area (Å²) < 4.78 is 22.2. The molecule has 0 saturated heterocycles. The van der Waals surface area contributed by atoms with Crippen molar-refractivity contribution in [1.29, 1.82) is 0 Å². The molecule has 0 spiro atoms. The van der Waals surface area contributed by atoms with Gasteiger partial charge in [0, 0.05) is 11.6 Å². The molecule has 1 aromatic rings. The van der Waals surface area contributed by atoms with Crippen LogP contribution in [0.25, 0.3) is 0 Å². The highest BCUT2D eigenvalue weighted by atomic mass is 19.1. The Morgan fingerprint density at radius 1 is 1.50 bits per heavy atom. The Hall–Kier alpha value is -1.62. The summed E-state index contributed by atoms with van der Waals surface area (Å²) in [6, 6.07) is 3.72. The topological polar surface area (TPSA) is 55.8 Å². The molecule has 0 amide bonds. The van der Waals surface area contributed by atoms with Gasteiger partial charge in [0.15, 0.2) is 0 Å². The summed E-state index contributed by atoms with van der Waals surface area (Å²) >= 11 is 0. The Balaban J connectivity index is 2.90. The summed E-state index contributed by atoms with van der Waals surface area (Å²) in [7, 11) is 2.60. The van der Waals surface area contributed by atoms with E-state index in [2.05, 4.69) is 4.74 Å². The van der Waals surface area contributed by atoms with Crippen molar-refractivity contribution in [2.24, 2.45) is 0 Å². The van der Waals surface area contributed by atoms with E-state index in [1.165, 1.54) is 26.4 Å². The molecular weight excluding hydrogens is 215 g/mol. The molecule has 0 aliphatic carbocycles. The van der Waals surface area contributed by atoms with Gasteiger partial charge in [-0.15, -0.1) is 0 Å². The maximum atomic E-state index is 12.9. The number of halogens is 1. The molecule has 0 radical (unpaired) electrons. The van der Waals surface area contributed by atoms with Gasteiger partial charge in [-0.05, 0) is 12.1 Å². The van der Waals surface area contributed by atoms with Gasteiger partial charge in [0.1, 0.15) is 11.6 Å². The van der Waals surface area contributed by atoms with E-state index >= 15 is 0 Å². The number of aliphatic hydroxyl groups excluding tert-OH is 1. The molecule has 4 nitrogen and oxygen atoms in total. The highest BCUT2D eigenvalue weighted by molar-refractivity contribution is 5.70. The molecule has 0 bridgehead atoms. The maximum Gasteiger partial charge on any atom is 0.308 e.